The second-order valence-electron chi connectivity index (χ2n) is 5.62. The van der Waals surface area contributed by atoms with E-state index in [1.807, 2.05) is 13.8 Å². The van der Waals surface area contributed by atoms with Crippen molar-refractivity contribution < 1.29 is 14.0 Å². The van der Waals surface area contributed by atoms with Crippen LogP contribution in [-0.2, 0) is 14.9 Å². The van der Waals surface area contributed by atoms with Crippen LogP contribution in [0.5, 0.6) is 0 Å². The van der Waals surface area contributed by atoms with Gasteiger partial charge in [-0.1, -0.05) is 19.0 Å². The third kappa shape index (κ3) is 2.66. The number of nitrogens with zero attached hydrogens (tertiary/aromatic N) is 2. The van der Waals surface area contributed by atoms with E-state index in [9.17, 15) is 0 Å². The van der Waals surface area contributed by atoms with Crippen molar-refractivity contribution in [3.63, 3.8) is 0 Å². The molecule has 0 amide bonds. The van der Waals surface area contributed by atoms with Crippen molar-refractivity contribution in [1.82, 2.24) is 10.1 Å². The Labute approximate surface area is 113 Å². The Morgan fingerprint density at radius 1 is 1.53 bits per heavy atom. The highest BCUT2D eigenvalue weighted by molar-refractivity contribution is 5.12. The Kier molecular flexibility index (Phi) is 4.23. The molecule has 1 aromatic heterocycles. The minimum Gasteiger partial charge on any atom is -0.379 e. The van der Waals surface area contributed by atoms with Crippen LogP contribution in [0.25, 0.3) is 0 Å². The van der Waals surface area contributed by atoms with Crippen molar-refractivity contribution in [2.75, 3.05) is 19.8 Å². The maximum Gasteiger partial charge on any atom is 0.236 e. The molecular weight excluding hydrogens is 246 g/mol. The van der Waals surface area contributed by atoms with Crippen LogP contribution >= 0.6 is 0 Å². The highest BCUT2D eigenvalue weighted by Gasteiger charge is 2.44. The number of hydrogen-bond acceptors (Lipinski definition) is 6. The van der Waals surface area contributed by atoms with Gasteiger partial charge in [-0.2, -0.15) is 4.98 Å². The van der Waals surface area contributed by atoms with Crippen LogP contribution < -0.4 is 5.73 Å². The number of aromatic nitrogens is 2. The molecular formula is C13H23N3O3. The quantitative estimate of drug-likeness (QED) is 0.870. The molecule has 0 bridgehead atoms. The summed E-state index contributed by atoms with van der Waals surface area (Å²) in [4.78, 5) is 4.49. The van der Waals surface area contributed by atoms with Crippen LogP contribution in [-0.4, -0.2) is 36.0 Å². The summed E-state index contributed by atoms with van der Waals surface area (Å²) in [7, 11) is 0. The first-order valence-electron chi connectivity index (χ1n) is 6.78. The SMILES string of the molecule is CCOC(c1noc(C2(C)COCC2N)n1)C(C)C. The van der Waals surface area contributed by atoms with Crippen molar-refractivity contribution in [2.45, 2.75) is 45.3 Å². The molecule has 0 saturated carbocycles. The van der Waals surface area contributed by atoms with Gasteiger partial charge in [0.15, 0.2) is 0 Å². The summed E-state index contributed by atoms with van der Waals surface area (Å²) in [5.41, 5.74) is 5.66. The fourth-order valence-electron chi connectivity index (χ4n) is 2.24. The fourth-order valence-corrected chi connectivity index (χ4v) is 2.24. The molecule has 3 atom stereocenters. The zero-order chi connectivity index (χ0) is 14.0. The zero-order valence-electron chi connectivity index (χ0n) is 12.0. The van der Waals surface area contributed by atoms with Crippen LogP contribution in [0.3, 0.4) is 0 Å². The van der Waals surface area contributed by atoms with Gasteiger partial charge in [-0.3, -0.25) is 0 Å². The summed E-state index contributed by atoms with van der Waals surface area (Å²) in [5.74, 6) is 1.41. The molecule has 2 N–H and O–H groups in total. The minimum absolute atomic E-state index is 0.120. The Morgan fingerprint density at radius 3 is 2.79 bits per heavy atom. The van der Waals surface area contributed by atoms with Gasteiger partial charge in [0.25, 0.3) is 0 Å². The molecule has 1 aliphatic rings. The molecule has 0 aliphatic carbocycles. The van der Waals surface area contributed by atoms with Crippen molar-refractivity contribution in [1.29, 1.82) is 0 Å². The summed E-state index contributed by atoms with van der Waals surface area (Å²) >= 11 is 0. The van der Waals surface area contributed by atoms with Gasteiger partial charge in [-0.05, 0) is 19.8 Å². The van der Waals surface area contributed by atoms with E-state index < -0.39 is 5.41 Å². The fraction of sp³-hybridized carbons (Fsp3) is 0.846. The van der Waals surface area contributed by atoms with E-state index in [4.69, 9.17) is 19.7 Å². The third-order valence-corrected chi connectivity index (χ3v) is 3.65. The van der Waals surface area contributed by atoms with Crippen LogP contribution in [0.1, 0.15) is 45.5 Å². The number of ether oxygens (including phenoxy) is 2. The minimum atomic E-state index is -0.404. The van der Waals surface area contributed by atoms with Crippen LogP contribution in [0.2, 0.25) is 0 Å². The summed E-state index contributed by atoms with van der Waals surface area (Å²) in [5, 5.41) is 4.06. The van der Waals surface area contributed by atoms with E-state index in [-0.39, 0.29) is 18.1 Å². The van der Waals surface area contributed by atoms with E-state index in [0.29, 0.717) is 31.5 Å². The van der Waals surface area contributed by atoms with Crippen molar-refractivity contribution in [3.8, 4) is 0 Å². The summed E-state index contributed by atoms with van der Waals surface area (Å²) < 4.78 is 16.5. The van der Waals surface area contributed by atoms with Crippen LogP contribution in [0.15, 0.2) is 4.52 Å². The first-order valence-corrected chi connectivity index (χ1v) is 6.78. The van der Waals surface area contributed by atoms with Gasteiger partial charge in [0.1, 0.15) is 6.10 Å². The third-order valence-electron chi connectivity index (χ3n) is 3.65. The zero-order valence-corrected chi connectivity index (χ0v) is 12.0. The van der Waals surface area contributed by atoms with E-state index in [1.54, 1.807) is 0 Å². The average Bonchev–Trinajstić information content (AvgIpc) is 2.95. The van der Waals surface area contributed by atoms with Crippen molar-refractivity contribution in [2.24, 2.45) is 11.7 Å². The van der Waals surface area contributed by atoms with Gasteiger partial charge >= 0.3 is 0 Å². The molecule has 1 aromatic rings. The van der Waals surface area contributed by atoms with Gasteiger partial charge in [0, 0.05) is 12.6 Å². The molecule has 19 heavy (non-hydrogen) atoms. The lowest BCUT2D eigenvalue weighted by Gasteiger charge is -2.21. The second kappa shape index (κ2) is 5.56. The lowest BCUT2D eigenvalue weighted by Crippen LogP contribution is -2.42. The summed E-state index contributed by atoms with van der Waals surface area (Å²) in [6.45, 7) is 9.74. The normalized spacial score (nSPS) is 29.1. The Balaban J connectivity index is 2.23. The van der Waals surface area contributed by atoms with Crippen molar-refractivity contribution >= 4 is 0 Å². The van der Waals surface area contributed by atoms with E-state index in [0.717, 1.165) is 0 Å². The van der Waals surface area contributed by atoms with Crippen LogP contribution in [0, 0.1) is 5.92 Å². The van der Waals surface area contributed by atoms with Gasteiger partial charge in [-0.15, -0.1) is 0 Å². The predicted molar refractivity (Wildman–Crippen MR) is 69.6 cm³/mol. The molecule has 6 nitrogen and oxygen atoms in total. The van der Waals surface area contributed by atoms with Crippen molar-refractivity contribution in [3.05, 3.63) is 11.7 Å². The Hall–Kier alpha value is -0.980. The lowest BCUT2D eigenvalue weighted by molar-refractivity contribution is 0.0217. The number of hydrogen-bond donors (Lipinski definition) is 1. The Morgan fingerprint density at radius 2 is 2.26 bits per heavy atom. The van der Waals surface area contributed by atoms with Gasteiger partial charge < -0.3 is 19.7 Å². The van der Waals surface area contributed by atoms with Crippen LogP contribution in [0.4, 0.5) is 0 Å². The monoisotopic (exact) mass is 269 g/mol. The lowest BCUT2D eigenvalue weighted by atomic mass is 9.86. The van der Waals surface area contributed by atoms with E-state index in [1.165, 1.54) is 0 Å². The largest absolute Gasteiger partial charge is 0.379 e. The molecule has 1 fully saturated rings. The molecule has 6 heteroatoms. The number of nitrogens with two attached hydrogens (primary N) is 1. The predicted octanol–water partition coefficient (Wildman–Crippen LogP) is 1.42. The summed E-state index contributed by atoms with van der Waals surface area (Å²) in [6.07, 6.45) is -0.148. The maximum absolute atomic E-state index is 6.07. The first kappa shape index (κ1) is 14.4. The highest BCUT2D eigenvalue weighted by atomic mass is 16.5. The molecule has 2 heterocycles. The molecule has 0 aromatic carbocycles. The Bertz CT molecular complexity index is 421. The standard InChI is InChI=1S/C13H23N3O3/c1-5-18-10(8(2)3)11-15-12(19-16-11)13(4)7-17-6-9(13)14/h8-10H,5-7,14H2,1-4H3. The van der Waals surface area contributed by atoms with E-state index in [2.05, 4.69) is 24.0 Å². The molecule has 0 spiro atoms. The molecule has 0 radical (unpaired) electrons. The summed E-state index contributed by atoms with van der Waals surface area (Å²) in [6, 6.07) is -0.120. The molecule has 1 aliphatic heterocycles. The second-order valence-corrected chi connectivity index (χ2v) is 5.62. The maximum atomic E-state index is 6.07. The molecule has 2 rings (SSSR count). The molecule has 3 unspecified atom stereocenters. The smallest absolute Gasteiger partial charge is 0.236 e. The highest BCUT2D eigenvalue weighted by Crippen LogP contribution is 2.32. The average molecular weight is 269 g/mol. The van der Waals surface area contributed by atoms with E-state index >= 15 is 0 Å². The topological polar surface area (TPSA) is 83.4 Å². The van der Waals surface area contributed by atoms with Gasteiger partial charge in [-0.25, -0.2) is 0 Å². The molecule has 108 valence electrons. The molecule has 1 saturated heterocycles. The number of rotatable bonds is 5. The van der Waals surface area contributed by atoms with Gasteiger partial charge in [0.05, 0.1) is 18.6 Å². The van der Waals surface area contributed by atoms with Gasteiger partial charge in [0.2, 0.25) is 11.7 Å². The first-order chi connectivity index (χ1) is 8.99.